The second-order valence-corrected chi connectivity index (χ2v) is 3.91. The van der Waals surface area contributed by atoms with E-state index in [4.69, 9.17) is 4.74 Å². The topological polar surface area (TPSA) is 25.4 Å². The Balaban J connectivity index is 2.15. The first-order valence-electron chi connectivity index (χ1n) is 5.25. The maximum Gasteiger partial charge on any atom is 0.168 e. The summed E-state index contributed by atoms with van der Waals surface area (Å²) >= 11 is 0. The van der Waals surface area contributed by atoms with Gasteiger partial charge < -0.3 is 9.64 Å². The zero-order chi connectivity index (χ0) is 11.0. The summed E-state index contributed by atoms with van der Waals surface area (Å²) in [4.78, 5) is 6.26. The summed E-state index contributed by atoms with van der Waals surface area (Å²) in [5.74, 6) is 1.73. The van der Waals surface area contributed by atoms with Gasteiger partial charge in [-0.05, 0) is 12.1 Å². The fourth-order valence-electron chi connectivity index (χ4n) is 1.96. The number of nitrogens with zero attached hydrogens (tertiary/aromatic N) is 2. The van der Waals surface area contributed by atoms with Gasteiger partial charge in [-0.25, -0.2) is 0 Å². The van der Waals surface area contributed by atoms with Gasteiger partial charge in [0.2, 0.25) is 0 Å². The summed E-state index contributed by atoms with van der Waals surface area (Å²) < 4.78 is 5.87. The molecule has 0 aliphatic carbocycles. The highest BCUT2D eigenvalue weighted by molar-refractivity contribution is 5.60. The van der Waals surface area contributed by atoms with Crippen LogP contribution in [0.2, 0.25) is 0 Å². The smallest absolute Gasteiger partial charge is 0.168 e. The number of hydrogen-bond acceptors (Lipinski definition) is 3. The van der Waals surface area contributed by atoms with Crippen LogP contribution in [0.25, 0.3) is 0 Å². The van der Waals surface area contributed by atoms with Crippen molar-refractivity contribution >= 4 is 5.69 Å². The first-order valence-corrected chi connectivity index (χ1v) is 5.25. The van der Waals surface area contributed by atoms with Crippen molar-refractivity contribution < 1.29 is 4.74 Å². The standard InChI is InChI=1S/C13H12N2O/c1-15-9-10-4-2-3-5-12(10)16-13-8-14-7-6-11(13)15/h2-8H,9H2,1H3. The zero-order valence-electron chi connectivity index (χ0n) is 9.05. The maximum absolute atomic E-state index is 5.87. The Labute approximate surface area is 94.3 Å². The van der Waals surface area contributed by atoms with E-state index >= 15 is 0 Å². The van der Waals surface area contributed by atoms with Crippen molar-refractivity contribution in [1.82, 2.24) is 4.98 Å². The number of benzene rings is 1. The van der Waals surface area contributed by atoms with Gasteiger partial charge in [-0.15, -0.1) is 0 Å². The second kappa shape index (κ2) is 3.52. The van der Waals surface area contributed by atoms with Gasteiger partial charge in [-0.3, -0.25) is 4.98 Å². The van der Waals surface area contributed by atoms with E-state index in [0.29, 0.717) is 0 Å². The summed E-state index contributed by atoms with van der Waals surface area (Å²) in [5.41, 5.74) is 2.27. The lowest BCUT2D eigenvalue weighted by Gasteiger charge is -2.17. The molecule has 1 aromatic carbocycles. The minimum absolute atomic E-state index is 0.815. The normalized spacial score (nSPS) is 13.4. The van der Waals surface area contributed by atoms with Crippen molar-refractivity contribution in [2.24, 2.45) is 0 Å². The number of para-hydroxylation sites is 1. The van der Waals surface area contributed by atoms with E-state index in [0.717, 1.165) is 23.7 Å². The van der Waals surface area contributed by atoms with E-state index in [-0.39, 0.29) is 0 Å². The lowest BCUT2D eigenvalue weighted by atomic mass is 10.2. The highest BCUT2D eigenvalue weighted by Crippen LogP contribution is 2.36. The third-order valence-electron chi connectivity index (χ3n) is 2.77. The quantitative estimate of drug-likeness (QED) is 0.671. The molecule has 0 N–H and O–H groups in total. The van der Waals surface area contributed by atoms with E-state index in [9.17, 15) is 0 Å². The molecular weight excluding hydrogens is 200 g/mol. The third-order valence-corrected chi connectivity index (χ3v) is 2.77. The molecule has 0 amide bonds. The number of anilines is 1. The number of pyridine rings is 1. The average molecular weight is 212 g/mol. The Bertz CT molecular complexity index is 525. The summed E-state index contributed by atoms with van der Waals surface area (Å²) in [6, 6.07) is 10.1. The van der Waals surface area contributed by atoms with E-state index in [1.165, 1.54) is 5.56 Å². The summed E-state index contributed by atoms with van der Waals surface area (Å²) in [6.45, 7) is 0.854. The number of fused-ring (bicyclic) bond motifs is 2. The summed E-state index contributed by atoms with van der Waals surface area (Å²) in [5, 5.41) is 0. The number of rotatable bonds is 0. The highest BCUT2D eigenvalue weighted by atomic mass is 16.5. The van der Waals surface area contributed by atoms with Gasteiger partial charge in [-0.2, -0.15) is 0 Å². The Hall–Kier alpha value is -2.03. The van der Waals surface area contributed by atoms with Crippen LogP contribution in [0.4, 0.5) is 5.69 Å². The van der Waals surface area contributed by atoms with Crippen LogP contribution in [0.3, 0.4) is 0 Å². The SMILES string of the molecule is CN1Cc2ccccc2Oc2cnccc21. The molecule has 0 saturated heterocycles. The van der Waals surface area contributed by atoms with Gasteiger partial charge in [0.1, 0.15) is 5.75 Å². The van der Waals surface area contributed by atoms with Gasteiger partial charge in [0.25, 0.3) is 0 Å². The summed E-state index contributed by atoms with van der Waals surface area (Å²) in [7, 11) is 2.06. The lowest BCUT2D eigenvalue weighted by Crippen LogP contribution is -2.14. The van der Waals surface area contributed by atoms with Crippen LogP contribution in [-0.2, 0) is 6.54 Å². The molecule has 0 atom stereocenters. The Morgan fingerprint density at radius 3 is 3.00 bits per heavy atom. The first kappa shape index (κ1) is 9.21. The van der Waals surface area contributed by atoms with Gasteiger partial charge in [-0.1, -0.05) is 18.2 Å². The number of hydrogen-bond donors (Lipinski definition) is 0. The van der Waals surface area contributed by atoms with Gasteiger partial charge in [0, 0.05) is 25.4 Å². The maximum atomic E-state index is 5.87. The summed E-state index contributed by atoms with van der Waals surface area (Å²) in [6.07, 6.45) is 3.54. The molecule has 1 aliphatic heterocycles. The van der Waals surface area contributed by atoms with Crippen LogP contribution in [0.1, 0.15) is 5.56 Å². The van der Waals surface area contributed by atoms with E-state index in [2.05, 4.69) is 23.0 Å². The average Bonchev–Trinajstić information content (AvgIpc) is 2.45. The zero-order valence-corrected chi connectivity index (χ0v) is 9.05. The molecule has 1 aromatic heterocycles. The molecule has 3 rings (SSSR count). The van der Waals surface area contributed by atoms with Crippen molar-refractivity contribution in [3.05, 3.63) is 48.3 Å². The molecule has 2 heterocycles. The Morgan fingerprint density at radius 1 is 1.19 bits per heavy atom. The second-order valence-electron chi connectivity index (χ2n) is 3.91. The number of ether oxygens (including phenoxy) is 1. The molecule has 16 heavy (non-hydrogen) atoms. The third kappa shape index (κ3) is 1.41. The van der Waals surface area contributed by atoms with Crippen LogP contribution in [0, 0.1) is 0 Å². The van der Waals surface area contributed by atoms with Crippen molar-refractivity contribution in [2.45, 2.75) is 6.54 Å². The fourth-order valence-corrected chi connectivity index (χ4v) is 1.96. The number of aromatic nitrogens is 1. The van der Waals surface area contributed by atoms with Crippen molar-refractivity contribution in [3.63, 3.8) is 0 Å². The first-order chi connectivity index (χ1) is 7.84. The molecule has 0 saturated carbocycles. The molecule has 0 fully saturated rings. The van der Waals surface area contributed by atoms with Crippen LogP contribution < -0.4 is 9.64 Å². The van der Waals surface area contributed by atoms with E-state index in [1.54, 1.807) is 12.4 Å². The molecule has 0 unspecified atom stereocenters. The highest BCUT2D eigenvalue weighted by Gasteiger charge is 2.17. The van der Waals surface area contributed by atoms with Gasteiger partial charge >= 0.3 is 0 Å². The fraction of sp³-hybridized carbons (Fsp3) is 0.154. The van der Waals surface area contributed by atoms with Crippen molar-refractivity contribution in [2.75, 3.05) is 11.9 Å². The van der Waals surface area contributed by atoms with E-state index in [1.807, 2.05) is 24.3 Å². The van der Waals surface area contributed by atoms with Crippen LogP contribution >= 0.6 is 0 Å². The van der Waals surface area contributed by atoms with Crippen molar-refractivity contribution in [3.8, 4) is 11.5 Å². The lowest BCUT2D eigenvalue weighted by molar-refractivity contribution is 0.481. The Morgan fingerprint density at radius 2 is 2.06 bits per heavy atom. The minimum Gasteiger partial charge on any atom is -0.453 e. The molecule has 3 heteroatoms. The monoisotopic (exact) mass is 212 g/mol. The molecule has 2 aromatic rings. The minimum atomic E-state index is 0.815. The van der Waals surface area contributed by atoms with Crippen molar-refractivity contribution in [1.29, 1.82) is 0 Å². The Kier molecular flexibility index (Phi) is 2.03. The molecule has 0 spiro atoms. The largest absolute Gasteiger partial charge is 0.453 e. The molecular formula is C13H12N2O. The van der Waals surface area contributed by atoms with Crippen LogP contribution in [0.15, 0.2) is 42.7 Å². The van der Waals surface area contributed by atoms with E-state index < -0.39 is 0 Å². The van der Waals surface area contributed by atoms with Crippen LogP contribution in [0.5, 0.6) is 11.5 Å². The predicted octanol–water partition coefficient (Wildman–Crippen LogP) is 2.82. The predicted molar refractivity (Wildman–Crippen MR) is 62.9 cm³/mol. The molecule has 1 aliphatic rings. The van der Waals surface area contributed by atoms with Crippen LogP contribution in [-0.4, -0.2) is 12.0 Å². The van der Waals surface area contributed by atoms with Gasteiger partial charge in [0.05, 0.1) is 11.9 Å². The molecule has 0 radical (unpaired) electrons. The molecule has 80 valence electrons. The molecule has 0 bridgehead atoms. The molecule has 3 nitrogen and oxygen atoms in total. The van der Waals surface area contributed by atoms with Gasteiger partial charge in [0.15, 0.2) is 5.75 Å².